The Hall–Kier alpha value is -2.49. The molecule has 0 saturated carbocycles. The van der Waals surface area contributed by atoms with Crippen molar-refractivity contribution in [2.24, 2.45) is 0 Å². The van der Waals surface area contributed by atoms with Crippen LogP contribution in [0.15, 0.2) is 84.9 Å². The highest BCUT2D eigenvalue weighted by atomic mass is 35.5. The third-order valence-electron chi connectivity index (χ3n) is 4.18. The van der Waals surface area contributed by atoms with Gasteiger partial charge in [0.25, 0.3) is 0 Å². The van der Waals surface area contributed by atoms with E-state index in [0.29, 0.717) is 6.61 Å². The Labute approximate surface area is 167 Å². The molecule has 0 saturated heterocycles. The van der Waals surface area contributed by atoms with Crippen molar-refractivity contribution in [3.05, 3.63) is 96.1 Å². The summed E-state index contributed by atoms with van der Waals surface area (Å²) in [5.74, 6) is 1.54. The van der Waals surface area contributed by atoms with Crippen LogP contribution >= 0.6 is 12.4 Å². The van der Waals surface area contributed by atoms with Gasteiger partial charge in [0, 0.05) is 6.42 Å². The van der Waals surface area contributed by atoms with Crippen LogP contribution in [0.4, 0.5) is 0 Å². The molecule has 3 aromatic carbocycles. The predicted octanol–water partition coefficient (Wildman–Crippen LogP) is 5.42. The molecule has 1 N–H and O–H groups in total. The number of hydrogen-bond acceptors (Lipinski definition) is 3. The first-order valence-corrected chi connectivity index (χ1v) is 8.99. The van der Waals surface area contributed by atoms with Gasteiger partial charge in [-0.3, -0.25) is 0 Å². The smallest absolute Gasteiger partial charge is 0.162 e. The molecule has 3 aromatic rings. The third-order valence-corrected chi connectivity index (χ3v) is 4.18. The molecule has 3 nitrogen and oxygen atoms in total. The summed E-state index contributed by atoms with van der Waals surface area (Å²) < 4.78 is 12.4. The molecule has 0 amide bonds. The van der Waals surface area contributed by atoms with Gasteiger partial charge in [-0.05, 0) is 36.9 Å². The lowest BCUT2D eigenvalue weighted by atomic mass is 10.1. The number of nitrogens with one attached hydrogen (secondary N) is 1. The number of hydrogen-bond donors (Lipinski definition) is 1. The van der Waals surface area contributed by atoms with Crippen LogP contribution < -0.4 is 14.8 Å². The Kier molecular flexibility index (Phi) is 8.69. The highest BCUT2D eigenvalue weighted by Gasteiger charge is 2.15. The summed E-state index contributed by atoms with van der Waals surface area (Å²) in [4.78, 5) is 0. The predicted molar refractivity (Wildman–Crippen MR) is 113 cm³/mol. The second kappa shape index (κ2) is 11.3. The minimum absolute atomic E-state index is 0. The maximum Gasteiger partial charge on any atom is 0.162 e. The van der Waals surface area contributed by atoms with Crippen LogP contribution in [0.1, 0.15) is 23.7 Å². The molecule has 27 heavy (non-hydrogen) atoms. The van der Waals surface area contributed by atoms with Gasteiger partial charge in [-0.25, -0.2) is 0 Å². The van der Waals surface area contributed by atoms with Crippen molar-refractivity contribution in [3.63, 3.8) is 0 Å². The molecule has 0 aromatic heterocycles. The molecule has 0 heterocycles. The van der Waals surface area contributed by atoms with Crippen molar-refractivity contribution in [2.45, 2.75) is 19.1 Å². The number of benzene rings is 3. The standard InChI is InChI=1S/C23H25NO2.ClH/c1-24-17-16-21(20-12-6-3-7-13-20)26-23-15-9-8-14-22(23)25-18-19-10-4-2-5-11-19;/h2-15,21,24H,16-18H2,1H3;1H. The maximum absolute atomic E-state index is 6.36. The van der Waals surface area contributed by atoms with E-state index in [1.807, 2.05) is 67.7 Å². The Bertz CT molecular complexity index is 781. The largest absolute Gasteiger partial charge is 0.485 e. The quantitative estimate of drug-likeness (QED) is 0.535. The van der Waals surface area contributed by atoms with Crippen LogP contribution in [-0.2, 0) is 6.61 Å². The molecule has 1 atom stereocenters. The Morgan fingerprint density at radius 1 is 0.778 bits per heavy atom. The molecule has 1 unspecified atom stereocenters. The molecule has 0 bridgehead atoms. The lowest BCUT2D eigenvalue weighted by Gasteiger charge is -2.21. The normalized spacial score (nSPS) is 11.3. The molecular weight excluding hydrogens is 358 g/mol. The summed E-state index contributed by atoms with van der Waals surface area (Å²) in [6.45, 7) is 1.40. The summed E-state index contributed by atoms with van der Waals surface area (Å²) in [6.07, 6.45) is 0.859. The van der Waals surface area contributed by atoms with E-state index in [4.69, 9.17) is 9.47 Å². The molecule has 0 aliphatic rings. The maximum atomic E-state index is 6.36. The van der Waals surface area contributed by atoms with Crippen molar-refractivity contribution in [3.8, 4) is 11.5 Å². The van der Waals surface area contributed by atoms with Crippen molar-refractivity contribution >= 4 is 12.4 Å². The summed E-state index contributed by atoms with van der Waals surface area (Å²) in [5.41, 5.74) is 2.30. The van der Waals surface area contributed by atoms with Crippen LogP contribution in [0.5, 0.6) is 11.5 Å². The van der Waals surface area contributed by atoms with E-state index in [-0.39, 0.29) is 18.5 Å². The molecule has 3 rings (SSSR count). The van der Waals surface area contributed by atoms with Crippen molar-refractivity contribution in [1.82, 2.24) is 5.32 Å². The lowest BCUT2D eigenvalue weighted by molar-refractivity contribution is 0.180. The van der Waals surface area contributed by atoms with Crippen LogP contribution in [0, 0.1) is 0 Å². The minimum Gasteiger partial charge on any atom is -0.485 e. The van der Waals surface area contributed by atoms with Crippen molar-refractivity contribution < 1.29 is 9.47 Å². The Morgan fingerprint density at radius 2 is 1.37 bits per heavy atom. The number of halogens is 1. The highest BCUT2D eigenvalue weighted by molar-refractivity contribution is 5.85. The van der Waals surface area contributed by atoms with Gasteiger partial charge >= 0.3 is 0 Å². The Morgan fingerprint density at radius 3 is 2.04 bits per heavy atom. The van der Waals surface area contributed by atoms with Gasteiger partial charge in [0.2, 0.25) is 0 Å². The van der Waals surface area contributed by atoms with E-state index in [2.05, 4.69) is 29.6 Å². The topological polar surface area (TPSA) is 30.5 Å². The van der Waals surface area contributed by atoms with E-state index >= 15 is 0 Å². The molecule has 0 spiro atoms. The minimum atomic E-state index is -0.0230. The van der Waals surface area contributed by atoms with E-state index in [0.717, 1.165) is 30.0 Å². The van der Waals surface area contributed by atoms with Gasteiger partial charge in [0.1, 0.15) is 12.7 Å². The number of para-hydroxylation sites is 2. The van der Waals surface area contributed by atoms with E-state index < -0.39 is 0 Å². The molecule has 0 radical (unpaired) electrons. The van der Waals surface area contributed by atoms with Crippen LogP contribution in [0.3, 0.4) is 0 Å². The van der Waals surface area contributed by atoms with Crippen LogP contribution in [0.2, 0.25) is 0 Å². The highest BCUT2D eigenvalue weighted by Crippen LogP contribution is 2.32. The number of ether oxygens (including phenoxy) is 2. The molecule has 0 aliphatic carbocycles. The summed E-state index contributed by atoms with van der Waals surface area (Å²) >= 11 is 0. The average molecular weight is 384 g/mol. The zero-order valence-electron chi connectivity index (χ0n) is 15.5. The fraction of sp³-hybridized carbons (Fsp3) is 0.217. The SMILES string of the molecule is CNCCC(Oc1ccccc1OCc1ccccc1)c1ccccc1.Cl. The summed E-state index contributed by atoms with van der Waals surface area (Å²) in [5, 5.41) is 3.20. The number of rotatable bonds is 9. The van der Waals surface area contributed by atoms with Gasteiger partial charge in [-0.2, -0.15) is 0 Å². The molecule has 0 aliphatic heterocycles. The monoisotopic (exact) mass is 383 g/mol. The van der Waals surface area contributed by atoms with E-state index in [1.165, 1.54) is 5.56 Å². The summed E-state index contributed by atoms with van der Waals surface area (Å²) in [7, 11) is 1.96. The second-order valence-corrected chi connectivity index (χ2v) is 6.13. The fourth-order valence-electron chi connectivity index (χ4n) is 2.79. The van der Waals surface area contributed by atoms with Gasteiger partial charge in [0.05, 0.1) is 0 Å². The lowest BCUT2D eigenvalue weighted by Crippen LogP contribution is -2.16. The van der Waals surface area contributed by atoms with Gasteiger partial charge < -0.3 is 14.8 Å². The average Bonchev–Trinajstić information content (AvgIpc) is 2.71. The molecule has 0 fully saturated rings. The van der Waals surface area contributed by atoms with Gasteiger partial charge in [0.15, 0.2) is 11.5 Å². The van der Waals surface area contributed by atoms with Crippen LogP contribution in [-0.4, -0.2) is 13.6 Å². The first kappa shape index (κ1) is 20.8. The molecule has 142 valence electrons. The molecular formula is C23H26ClNO2. The zero-order valence-corrected chi connectivity index (χ0v) is 16.3. The van der Waals surface area contributed by atoms with Gasteiger partial charge in [-0.15, -0.1) is 12.4 Å². The Balaban J connectivity index is 0.00000261. The second-order valence-electron chi connectivity index (χ2n) is 6.13. The van der Waals surface area contributed by atoms with Gasteiger partial charge in [-0.1, -0.05) is 72.8 Å². The van der Waals surface area contributed by atoms with Crippen LogP contribution in [0.25, 0.3) is 0 Å². The van der Waals surface area contributed by atoms with Crippen molar-refractivity contribution in [1.29, 1.82) is 0 Å². The first-order valence-electron chi connectivity index (χ1n) is 8.99. The summed E-state index contributed by atoms with van der Waals surface area (Å²) in [6, 6.07) is 28.4. The van der Waals surface area contributed by atoms with Crippen molar-refractivity contribution in [2.75, 3.05) is 13.6 Å². The molecule has 4 heteroatoms. The first-order chi connectivity index (χ1) is 12.9. The fourth-order valence-corrected chi connectivity index (χ4v) is 2.79. The van der Waals surface area contributed by atoms with E-state index in [1.54, 1.807) is 0 Å². The zero-order chi connectivity index (χ0) is 18.0. The van der Waals surface area contributed by atoms with E-state index in [9.17, 15) is 0 Å². The third kappa shape index (κ3) is 6.31.